The van der Waals surface area contributed by atoms with Gasteiger partial charge in [0.25, 0.3) is 5.91 Å². The summed E-state index contributed by atoms with van der Waals surface area (Å²) in [6.45, 7) is 3.59. The predicted octanol–water partition coefficient (Wildman–Crippen LogP) is 5.66. The molecule has 3 aromatic carbocycles. The summed E-state index contributed by atoms with van der Waals surface area (Å²) in [5, 5.41) is 0. The van der Waals surface area contributed by atoms with Gasteiger partial charge in [-0.25, -0.2) is 13.6 Å². The third kappa shape index (κ3) is 5.64. The van der Waals surface area contributed by atoms with E-state index in [0.717, 1.165) is 57.4 Å². The molecule has 2 aliphatic heterocycles. The van der Waals surface area contributed by atoms with Crippen molar-refractivity contribution in [1.29, 1.82) is 0 Å². The number of amides is 1. The van der Waals surface area contributed by atoms with Crippen LogP contribution in [-0.2, 0) is 6.54 Å². The highest BCUT2D eigenvalue weighted by atomic mass is 19.1. The van der Waals surface area contributed by atoms with Crippen molar-refractivity contribution in [3.63, 3.8) is 0 Å². The molecule has 6 nitrogen and oxygen atoms in total. The molecule has 0 N–H and O–H groups in total. The monoisotopic (exact) mass is 519 g/mol. The molecular weight excluding hydrogens is 488 g/mol. The minimum absolute atomic E-state index is 0.142. The van der Waals surface area contributed by atoms with E-state index in [4.69, 9.17) is 4.74 Å². The zero-order valence-corrected chi connectivity index (χ0v) is 21.5. The fraction of sp³-hybridized carbons (Fsp3) is 0.333. The average molecular weight is 520 g/mol. The SMILES string of the molecule is CN(Cc1ccc(OC(=O)c2ccc(N3CCCC3)c(F)c2)cc1)C(=O)c1ccc(N2CCCC2)c(F)c1. The number of benzene rings is 3. The quantitative estimate of drug-likeness (QED) is 0.298. The number of hydrogen-bond donors (Lipinski definition) is 0. The molecule has 2 fully saturated rings. The summed E-state index contributed by atoms with van der Waals surface area (Å²) < 4.78 is 34.6. The minimum atomic E-state index is -0.642. The Labute approximate surface area is 221 Å². The van der Waals surface area contributed by atoms with Crippen molar-refractivity contribution in [3.05, 3.63) is 89.0 Å². The summed E-state index contributed by atoms with van der Waals surface area (Å²) in [5.41, 5.74) is 2.30. The lowest BCUT2D eigenvalue weighted by atomic mass is 10.1. The van der Waals surface area contributed by atoms with Crippen LogP contribution in [-0.4, -0.2) is 50.0 Å². The van der Waals surface area contributed by atoms with Crippen LogP contribution in [0.5, 0.6) is 5.75 Å². The first-order chi connectivity index (χ1) is 18.4. The highest BCUT2D eigenvalue weighted by Crippen LogP contribution is 2.26. The van der Waals surface area contributed by atoms with Crippen LogP contribution in [0, 0.1) is 11.6 Å². The van der Waals surface area contributed by atoms with Crippen molar-refractivity contribution in [2.24, 2.45) is 0 Å². The van der Waals surface area contributed by atoms with Gasteiger partial charge in [-0.1, -0.05) is 12.1 Å². The highest BCUT2D eigenvalue weighted by Gasteiger charge is 2.20. The molecular formula is C30H31F2N3O3. The van der Waals surface area contributed by atoms with Gasteiger partial charge in [0.05, 0.1) is 16.9 Å². The number of halogens is 2. The van der Waals surface area contributed by atoms with E-state index in [2.05, 4.69) is 0 Å². The van der Waals surface area contributed by atoms with Crippen LogP contribution < -0.4 is 14.5 Å². The topological polar surface area (TPSA) is 53.1 Å². The molecule has 8 heteroatoms. The maximum atomic E-state index is 14.7. The van der Waals surface area contributed by atoms with Gasteiger partial charge >= 0.3 is 5.97 Å². The first-order valence-electron chi connectivity index (χ1n) is 13.0. The number of carbonyl (C=O) groups is 2. The van der Waals surface area contributed by atoms with Gasteiger partial charge in [-0.3, -0.25) is 4.79 Å². The molecule has 0 spiro atoms. The lowest BCUT2D eigenvalue weighted by molar-refractivity contribution is 0.0733. The van der Waals surface area contributed by atoms with Crippen molar-refractivity contribution in [3.8, 4) is 5.75 Å². The summed E-state index contributed by atoms with van der Waals surface area (Å²) in [5.74, 6) is -1.43. The predicted molar refractivity (Wildman–Crippen MR) is 143 cm³/mol. The Morgan fingerprint density at radius 1 is 0.763 bits per heavy atom. The van der Waals surface area contributed by atoms with Gasteiger partial charge in [0.15, 0.2) is 0 Å². The Balaban J connectivity index is 1.18. The highest BCUT2D eigenvalue weighted by molar-refractivity contribution is 5.94. The molecule has 198 valence electrons. The van der Waals surface area contributed by atoms with Gasteiger partial charge in [-0.15, -0.1) is 0 Å². The normalized spacial score (nSPS) is 15.1. The third-order valence-corrected chi connectivity index (χ3v) is 7.17. The Morgan fingerprint density at radius 2 is 1.26 bits per heavy atom. The number of carbonyl (C=O) groups excluding carboxylic acids is 2. The second-order valence-electron chi connectivity index (χ2n) is 9.92. The number of anilines is 2. The minimum Gasteiger partial charge on any atom is -0.423 e. The van der Waals surface area contributed by atoms with Crippen molar-refractivity contribution >= 4 is 23.3 Å². The number of ether oxygens (including phenoxy) is 1. The van der Waals surface area contributed by atoms with Crippen LogP contribution in [0.4, 0.5) is 20.2 Å². The van der Waals surface area contributed by atoms with Gasteiger partial charge in [-0.2, -0.15) is 0 Å². The van der Waals surface area contributed by atoms with Gasteiger partial charge in [-0.05, 0) is 79.8 Å². The fourth-order valence-corrected chi connectivity index (χ4v) is 5.10. The van der Waals surface area contributed by atoms with Crippen molar-refractivity contribution in [1.82, 2.24) is 4.90 Å². The second-order valence-corrected chi connectivity index (χ2v) is 9.92. The maximum Gasteiger partial charge on any atom is 0.343 e. The smallest absolute Gasteiger partial charge is 0.343 e. The van der Waals surface area contributed by atoms with E-state index in [1.54, 1.807) is 55.6 Å². The van der Waals surface area contributed by atoms with Gasteiger partial charge in [0.2, 0.25) is 0 Å². The van der Waals surface area contributed by atoms with Crippen molar-refractivity contribution in [2.75, 3.05) is 43.0 Å². The van der Waals surface area contributed by atoms with E-state index in [0.29, 0.717) is 29.2 Å². The molecule has 2 aliphatic rings. The number of rotatable bonds is 7. The first kappa shape index (κ1) is 25.7. The molecule has 2 saturated heterocycles. The number of esters is 1. The molecule has 2 heterocycles. The van der Waals surface area contributed by atoms with Crippen LogP contribution in [0.3, 0.4) is 0 Å². The maximum absolute atomic E-state index is 14.7. The molecule has 1 amide bonds. The van der Waals surface area contributed by atoms with Crippen LogP contribution in [0.2, 0.25) is 0 Å². The van der Waals surface area contributed by atoms with E-state index in [9.17, 15) is 18.4 Å². The van der Waals surface area contributed by atoms with Crippen LogP contribution in [0.1, 0.15) is 52.0 Å². The van der Waals surface area contributed by atoms with E-state index in [-0.39, 0.29) is 17.3 Å². The number of nitrogens with zero attached hydrogens (tertiary/aromatic N) is 3. The van der Waals surface area contributed by atoms with Crippen LogP contribution in [0.25, 0.3) is 0 Å². The first-order valence-corrected chi connectivity index (χ1v) is 13.0. The van der Waals surface area contributed by atoms with E-state index >= 15 is 0 Å². The van der Waals surface area contributed by atoms with Gasteiger partial charge in [0.1, 0.15) is 17.4 Å². The van der Waals surface area contributed by atoms with Crippen molar-refractivity contribution in [2.45, 2.75) is 32.2 Å². The van der Waals surface area contributed by atoms with E-state index in [1.807, 2.05) is 9.80 Å². The lowest BCUT2D eigenvalue weighted by Crippen LogP contribution is -2.26. The molecule has 0 aromatic heterocycles. The summed E-state index contributed by atoms with van der Waals surface area (Å²) in [7, 11) is 1.66. The van der Waals surface area contributed by atoms with Gasteiger partial charge < -0.3 is 19.4 Å². The summed E-state index contributed by atoms with van der Waals surface area (Å²) >= 11 is 0. The molecule has 0 aliphatic carbocycles. The van der Waals surface area contributed by atoms with E-state index < -0.39 is 11.8 Å². The Morgan fingerprint density at radius 3 is 1.79 bits per heavy atom. The third-order valence-electron chi connectivity index (χ3n) is 7.17. The Kier molecular flexibility index (Phi) is 7.58. The summed E-state index contributed by atoms with van der Waals surface area (Å²) in [6.07, 6.45) is 4.16. The molecule has 0 saturated carbocycles. The molecule has 0 bridgehead atoms. The molecule has 0 radical (unpaired) electrons. The molecule has 0 atom stereocenters. The Bertz CT molecular complexity index is 1320. The Hall–Kier alpha value is -3.94. The molecule has 38 heavy (non-hydrogen) atoms. The van der Waals surface area contributed by atoms with Crippen LogP contribution >= 0.6 is 0 Å². The van der Waals surface area contributed by atoms with Crippen LogP contribution in [0.15, 0.2) is 60.7 Å². The average Bonchev–Trinajstić information content (AvgIpc) is 3.64. The zero-order valence-electron chi connectivity index (χ0n) is 21.5. The largest absolute Gasteiger partial charge is 0.423 e. The van der Waals surface area contributed by atoms with E-state index in [1.165, 1.54) is 17.0 Å². The second kappa shape index (κ2) is 11.2. The van der Waals surface area contributed by atoms with Gasteiger partial charge in [0, 0.05) is 45.3 Å². The summed E-state index contributed by atoms with van der Waals surface area (Å²) in [6, 6.07) is 15.8. The lowest BCUT2D eigenvalue weighted by Gasteiger charge is -2.20. The zero-order chi connectivity index (χ0) is 26.6. The standard InChI is InChI=1S/C30H31F2N3O3/c1-33(29(36)22-8-12-27(25(31)18-22)34-14-2-3-15-34)20-21-6-10-24(11-7-21)38-30(37)23-9-13-28(26(32)19-23)35-16-4-5-17-35/h6-13,18-19H,2-5,14-17,20H2,1H3. The fourth-order valence-electron chi connectivity index (χ4n) is 5.10. The molecule has 3 aromatic rings. The number of hydrogen-bond acceptors (Lipinski definition) is 5. The summed E-state index contributed by atoms with van der Waals surface area (Å²) in [4.78, 5) is 30.9. The molecule has 5 rings (SSSR count). The molecule has 0 unspecified atom stereocenters. The van der Waals surface area contributed by atoms with Crippen molar-refractivity contribution < 1.29 is 23.1 Å².